The molecule has 0 bridgehead atoms. The molecule has 0 N–H and O–H groups in total. The maximum Gasteiger partial charge on any atom is 0.318 e. The molecule has 3 aliphatic rings. The van der Waals surface area contributed by atoms with Crippen molar-refractivity contribution in [3.05, 3.63) is 65.1 Å². The van der Waals surface area contributed by atoms with Crippen LogP contribution in [-0.2, 0) is 22.5 Å². The number of carbonyl (C=O) groups excluding carboxylic acids is 1. The van der Waals surface area contributed by atoms with E-state index in [0.717, 1.165) is 28.1 Å². The molecule has 0 saturated carbocycles. The number of nitriles is 1. The van der Waals surface area contributed by atoms with Crippen LogP contribution in [-0.4, -0.2) is 97.9 Å². The Kier molecular flexibility index (Phi) is 9.08. The highest BCUT2D eigenvalue weighted by atomic mass is 35.5. The molecule has 2 aromatic carbocycles. The number of fused-ring (bicyclic) bond motifs is 2. The molecule has 3 aliphatic heterocycles. The fourth-order valence-electron chi connectivity index (χ4n) is 6.71. The molecular formula is C33H37ClFN7O3. The smallest absolute Gasteiger partial charge is 0.318 e. The molecule has 4 heterocycles. The number of aromatic nitrogens is 2. The van der Waals surface area contributed by atoms with Gasteiger partial charge in [0.1, 0.15) is 11.6 Å². The number of nitrogens with zero attached hydrogens (tertiary/aromatic N) is 7. The minimum Gasteiger partial charge on any atom is -0.463 e. The number of halogens is 2. The highest BCUT2D eigenvalue weighted by Crippen LogP contribution is 2.38. The van der Waals surface area contributed by atoms with Gasteiger partial charge in [0.25, 0.3) is 0 Å². The Morgan fingerprint density at radius 1 is 1.22 bits per heavy atom. The number of rotatable bonds is 8. The van der Waals surface area contributed by atoms with Gasteiger partial charge in [-0.25, -0.2) is 4.39 Å². The van der Waals surface area contributed by atoms with Gasteiger partial charge in [-0.2, -0.15) is 15.2 Å². The Balaban J connectivity index is 1.35. The van der Waals surface area contributed by atoms with Crippen LogP contribution in [0.2, 0.25) is 5.02 Å². The van der Waals surface area contributed by atoms with Gasteiger partial charge in [0.2, 0.25) is 5.91 Å². The zero-order valence-electron chi connectivity index (χ0n) is 25.6. The van der Waals surface area contributed by atoms with Gasteiger partial charge in [-0.15, -0.1) is 0 Å². The molecule has 2 saturated heterocycles. The number of benzene rings is 2. The average Bonchev–Trinajstić information content (AvgIpc) is 3.53. The molecule has 10 nitrogen and oxygen atoms in total. The Morgan fingerprint density at radius 3 is 2.84 bits per heavy atom. The maximum atomic E-state index is 14.6. The third-order valence-electron chi connectivity index (χ3n) is 9.10. The molecule has 236 valence electrons. The Bertz CT molecular complexity index is 1650. The summed E-state index contributed by atoms with van der Waals surface area (Å²) in [6.45, 7) is 7.84. The van der Waals surface area contributed by atoms with E-state index < -0.39 is 5.82 Å². The Morgan fingerprint density at radius 2 is 2.07 bits per heavy atom. The first-order chi connectivity index (χ1) is 21.8. The minimum absolute atomic E-state index is 0.103. The monoisotopic (exact) mass is 633 g/mol. The zero-order valence-corrected chi connectivity index (χ0v) is 26.3. The largest absolute Gasteiger partial charge is 0.463 e. The summed E-state index contributed by atoms with van der Waals surface area (Å²) in [7, 11) is 4.07. The van der Waals surface area contributed by atoms with Crippen LogP contribution in [0.25, 0.3) is 10.8 Å². The number of piperazine rings is 1. The molecule has 12 heteroatoms. The highest BCUT2D eigenvalue weighted by molar-refractivity contribution is 6.36. The molecule has 6 rings (SSSR count). The Labute approximate surface area is 267 Å². The van der Waals surface area contributed by atoms with Gasteiger partial charge in [0, 0.05) is 54.8 Å². The van der Waals surface area contributed by atoms with Crippen molar-refractivity contribution in [3.8, 4) is 12.1 Å². The topological polar surface area (TPSA) is 98.1 Å². The third kappa shape index (κ3) is 6.15. The number of anilines is 2. The first-order valence-corrected chi connectivity index (χ1v) is 15.6. The predicted octanol–water partition coefficient (Wildman–Crippen LogP) is 4.06. The van der Waals surface area contributed by atoms with Crippen molar-refractivity contribution in [2.75, 3.05) is 69.9 Å². The predicted molar refractivity (Wildman–Crippen MR) is 171 cm³/mol. The summed E-state index contributed by atoms with van der Waals surface area (Å²) in [6, 6.07) is 11.4. The van der Waals surface area contributed by atoms with E-state index in [-0.39, 0.29) is 41.4 Å². The van der Waals surface area contributed by atoms with E-state index in [1.165, 1.54) is 12.1 Å². The second-order valence-electron chi connectivity index (χ2n) is 12.0. The summed E-state index contributed by atoms with van der Waals surface area (Å²) in [5, 5.41) is 11.2. The van der Waals surface area contributed by atoms with E-state index in [9.17, 15) is 14.4 Å². The van der Waals surface area contributed by atoms with Crippen molar-refractivity contribution >= 4 is 39.8 Å². The van der Waals surface area contributed by atoms with Gasteiger partial charge in [0.15, 0.2) is 0 Å². The van der Waals surface area contributed by atoms with Gasteiger partial charge < -0.3 is 29.1 Å². The number of amides is 1. The normalized spacial score (nSPS) is 21.6. The van der Waals surface area contributed by atoms with Crippen molar-refractivity contribution < 1.29 is 18.7 Å². The van der Waals surface area contributed by atoms with E-state index in [2.05, 4.69) is 27.3 Å². The van der Waals surface area contributed by atoms with Crippen molar-refractivity contribution in [1.29, 1.82) is 5.26 Å². The van der Waals surface area contributed by atoms with Crippen molar-refractivity contribution in [2.24, 2.45) is 5.92 Å². The van der Waals surface area contributed by atoms with E-state index in [1.54, 1.807) is 11.0 Å². The molecule has 0 spiro atoms. The summed E-state index contributed by atoms with van der Waals surface area (Å²) < 4.78 is 26.6. The lowest BCUT2D eigenvalue weighted by molar-refractivity contribution is -0.128. The number of ether oxygens (including phenoxy) is 2. The molecule has 1 amide bonds. The van der Waals surface area contributed by atoms with Crippen LogP contribution >= 0.6 is 11.6 Å². The van der Waals surface area contributed by atoms with Crippen LogP contribution < -0.4 is 14.5 Å². The van der Waals surface area contributed by atoms with Crippen LogP contribution in [0.15, 0.2) is 43.0 Å². The van der Waals surface area contributed by atoms with Gasteiger partial charge in [0.05, 0.1) is 55.6 Å². The molecule has 1 unspecified atom stereocenters. The number of carbonyl (C=O) groups is 1. The van der Waals surface area contributed by atoms with Crippen LogP contribution in [0.5, 0.6) is 6.01 Å². The molecule has 3 atom stereocenters. The molecule has 3 aromatic rings. The summed E-state index contributed by atoms with van der Waals surface area (Å²) in [6.07, 6.45) is 2.14. The minimum atomic E-state index is -0.456. The second-order valence-corrected chi connectivity index (χ2v) is 12.4. The third-order valence-corrected chi connectivity index (χ3v) is 9.47. The Hall–Kier alpha value is -3.98. The summed E-state index contributed by atoms with van der Waals surface area (Å²) in [4.78, 5) is 30.6. The summed E-state index contributed by atoms with van der Waals surface area (Å²) in [5.41, 5.74) is 2.66. The standard InChI is InChI=1S/C33H37ClFN7O3/c1-4-29(43)42-15-14-41(16-23(42)10-12-36)32-24-11-13-40(27-7-5-6-21-8-9-25(35)31(34)30(21)27)17-26(24)37-33(38-32)45-19-22-18-44-20-28(22)39(2)3/h4-9,22-23,28H,1,10-11,13-20H2,2-3H3/t22-,23?,28+/m1/s1. The number of hydrogen-bond donors (Lipinski definition) is 0. The number of likely N-dealkylation sites (N-methyl/N-ethyl adjacent to an activating group) is 1. The van der Waals surface area contributed by atoms with Crippen molar-refractivity contribution in [3.63, 3.8) is 0 Å². The van der Waals surface area contributed by atoms with Gasteiger partial charge in [-0.05, 0) is 44.1 Å². The lowest BCUT2D eigenvalue weighted by Gasteiger charge is -2.42. The molecule has 0 aliphatic carbocycles. The van der Waals surface area contributed by atoms with Crippen LogP contribution in [0.1, 0.15) is 17.7 Å². The quantitative estimate of drug-likeness (QED) is 0.340. The second kappa shape index (κ2) is 13.2. The molecule has 45 heavy (non-hydrogen) atoms. The summed E-state index contributed by atoms with van der Waals surface area (Å²) in [5.74, 6) is 0.291. The zero-order chi connectivity index (χ0) is 31.7. The van der Waals surface area contributed by atoms with Crippen molar-refractivity contribution in [2.45, 2.75) is 31.5 Å². The van der Waals surface area contributed by atoms with E-state index in [1.807, 2.05) is 32.3 Å². The lowest BCUT2D eigenvalue weighted by atomic mass is 10.0. The molecular weight excluding hydrogens is 597 g/mol. The SMILES string of the molecule is C=CC(=O)N1CCN(c2nc(OC[C@H]3COC[C@@H]3N(C)C)nc3c2CCN(c2cccc4ccc(F)c(Cl)c24)C3)CC1CC#N. The molecule has 1 aromatic heterocycles. The van der Waals surface area contributed by atoms with E-state index in [0.29, 0.717) is 64.4 Å². The van der Waals surface area contributed by atoms with Gasteiger partial charge in [-0.1, -0.05) is 36.4 Å². The average molecular weight is 634 g/mol. The first kappa shape index (κ1) is 31.0. The van der Waals surface area contributed by atoms with Crippen LogP contribution in [0.4, 0.5) is 15.9 Å². The fourth-order valence-corrected chi connectivity index (χ4v) is 6.98. The van der Waals surface area contributed by atoms with Crippen LogP contribution in [0, 0.1) is 23.1 Å². The maximum absolute atomic E-state index is 14.6. The highest BCUT2D eigenvalue weighted by Gasteiger charge is 2.35. The van der Waals surface area contributed by atoms with E-state index in [4.69, 9.17) is 31.0 Å². The lowest BCUT2D eigenvalue weighted by Crippen LogP contribution is -2.55. The molecule has 0 radical (unpaired) electrons. The first-order valence-electron chi connectivity index (χ1n) is 15.2. The van der Waals surface area contributed by atoms with Gasteiger partial charge >= 0.3 is 6.01 Å². The van der Waals surface area contributed by atoms with Crippen LogP contribution in [0.3, 0.4) is 0 Å². The summed E-state index contributed by atoms with van der Waals surface area (Å²) >= 11 is 6.50. The molecule has 2 fully saturated rings. The van der Waals surface area contributed by atoms with E-state index >= 15 is 0 Å². The number of hydrogen-bond acceptors (Lipinski definition) is 9. The fraction of sp³-hybridized carbons (Fsp3) is 0.455. The van der Waals surface area contributed by atoms with Crippen molar-refractivity contribution in [1.82, 2.24) is 19.8 Å². The van der Waals surface area contributed by atoms with Gasteiger partial charge in [-0.3, -0.25) is 4.79 Å².